The molecule has 0 unspecified atom stereocenters. The Morgan fingerprint density at radius 3 is 1.34 bits per heavy atom. The third-order valence-corrected chi connectivity index (χ3v) is 8.13. The average Bonchev–Trinajstić information content (AvgIpc) is 3.62. The van der Waals surface area contributed by atoms with Crippen LogP contribution in [0.1, 0.15) is 36.1 Å². The van der Waals surface area contributed by atoms with Crippen molar-refractivity contribution in [3.8, 4) is 39.9 Å². The van der Waals surface area contributed by atoms with Gasteiger partial charge < -0.3 is 31.0 Å². The second-order valence-corrected chi connectivity index (χ2v) is 12.9. The van der Waals surface area contributed by atoms with Gasteiger partial charge in [-0.05, 0) is 102 Å². The van der Waals surface area contributed by atoms with Crippen LogP contribution in [0.15, 0.2) is 188 Å². The van der Waals surface area contributed by atoms with E-state index in [2.05, 4.69) is 73.9 Å². The number of hydrogen-bond acceptors (Lipinski definition) is 7. The molecule has 0 bridgehead atoms. The molecule has 7 aromatic rings. The number of benzene rings is 7. The molecule has 7 heteroatoms. The normalized spacial score (nSPS) is 10.9. The predicted molar refractivity (Wildman–Crippen MR) is 229 cm³/mol. The number of fused-ring (bicyclic) bond motifs is 4. The Balaban J connectivity index is 0.000000173. The number of phenols is 4. The molecular formula is C49H50N2O5. The molecule has 0 aromatic heterocycles. The van der Waals surface area contributed by atoms with Gasteiger partial charge in [0.15, 0.2) is 5.75 Å². The smallest absolute Gasteiger partial charge is 0.162 e. The maximum atomic E-state index is 8.63. The zero-order chi connectivity index (χ0) is 40.0. The van der Waals surface area contributed by atoms with Crippen LogP contribution in [0.2, 0.25) is 0 Å². The molecule has 1 aliphatic heterocycles. The van der Waals surface area contributed by atoms with Gasteiger partial charge in [-0.15, -0.1) is 0 Å². The molecule has 0 saturated heterocycles. The number of hydrogen-bond donors (Lipinski definition) is 6. The Labute approximate surface area is 330 Å². The summed E-state index contributed by atoms with van der Waals surface area (Å²) >= 11 is 0. The van der Waals surface area contributed by atoms with Gasteiger partial charge in [0.25, 0.3) is 0 Å². The van der Waals surface area contributed by atoms with Gasteiger partial charge in [-0.2, -0.15) is 0 Å². The Kier molecular flexibility index (Phi) is 17.1. The summed E-state index contributed by atoms with van der Waals surface area (Å²) in [6.07, 6.45) is 3.14. The van der Waals surface area contributed by atoms with E-state index in [0.717, 1.165) is 30.0 Å². The van der Waals surface area contributed by atoms with Crippen molar-refractivity contribution in [3.63, 3.8) is 0 Å². The fraction of sp³-hybridized carbons (Fsp3) is 0.102. The standard InChI is InChI=1S/C21H15NO.4C6H6O.C4H11N/c1-3-8-16-14(6-1)12-19-17(16)9-5-10-18(19)20-13-15-7-2-4-11-21(15)23-22-20;4*7-6-4-2-1-3-5-6;1-4(2)3-5/h1-11,13,22H,12H2;4*1-5,7H;4H,3,5H2,1-2H3. The first kappa shape index (κ1) is 41.8. The highest BCUT2D eigenvalue weighted by atomic mass is 16.6. The lowest BCUT2D eigenvalue weighted by Crippen LogP contribution is -2.21. The quantitative estimate of drug-likeness (QED) is 0.104. The van der Waals surface area contributed by atoms with E-state index in [0.29, 0.717) is 28.9 Å². The Bertz CT molecular complexity index is 2030. The van der Waals surface area contributed by atoms with Crippen LogP contribution in [0.25, 0.3) is 22.9 Å². The molecular weight excluding hydrogens is 697 g/mol. The predicted octanol–water partition coefficient (Wildman–Crippen LogP) is 10.8. The third-order valence-electron chi connectivity index (χ3n) is 8.13. The lowest BCUT2D eigenvalue weighted by molar-refractivity contribution is 0.249. The fourth-order valence-corrected chi connectivity index (χ4v) is 5.24. The van der Waals surface area contributed by atoms with Crippen LogP contribution in [0.3, 0.4) is 0 Å². The second-order valence-electron chi connectivity index (χ2n) is 12.9. The van der Waals surface area contributed by atoms with Crippen molar-refractivity contribution in [2.24, 2.45) is 11.7 Å². The van der Waals surface area contributed by atoms with Crippen LogP contribution >= 0.6 is 0 Å². The van der Waals surface area contributed by atoms with Crippen LogP contribution in [-0.4, -0.2) is 27.0 Å². The zero-order valence-electron chi connectivity index (χ0n) is 31.7. The molecule has 0 fully saturated rings. The van der Waals surface area contributed by atoms with Gasteiger partial charge in [0.1, 0.15) is 23.0 Å². The van der Waals surface area contributed by atoms with E-state index in [1.165, 1.54) is 27.8 Å². The summed E-state index contributed by atoms with van der Waals surface area (Å²) in [4.78, 5) is 5.71. The van der Waals surface area contributed by atoms with Crippen molar-refractivity contribution in [1.82, 2.24) is 5.48 Å². The summed E-state index contributed by atoms with van der Waals surface area (Å²) in [5, 5.41) is 34.5. The number of aromatic hydroxyl groups is 4. The van der Waals surface area contributed by atoms with E-state index in [9.17, 15) is 0 Å². The van der Waals surface area contributed by atoms with Crippen LogP contribution in [0.5, 0.6) is 28.7 Å². The SMILES string of the molecule is C1=C(c2cccc3c2Cc2ccccc2-3)NOc2ccccc21.CC(C)CN.Oc1ccccc1.Oc1ccccc1.Oc1ccccc1.Oc1ccccc1. The van der Waals surface area contributed by atoms with Crippen LogP contribution in [0.4, 0.5) is 0 Å². The van der Waals surface area contributed by atoms with E-state index in [1.807, 2.05) is 42.5 Å². The highest BCUT2D eigenvalue weighted by Crippen LogP contribution is 2.40. The largest absolute Gasteiger partial charge is 0.508 e. The van der Waals surface area contributed by atoms with Crippen LogP contribution in [0, 0.1) is 5.92 Å². The third kappa shape index (κ3) is 14.1. The molecule has 7 aromatic carbocycles. The number of phenolic OH excluding ortho intramolecular Hbond substituents is 4. The van der Waals surface area contributed by atoms with Gasteiger partial charge in [-0.25, -0.2) is 5.48 Å². The summed E-state index contributed by atoms with van der Waals surface area (Å²) in [7, 11) is 0. The second kappa shape index (κ2) is 23.0. The van der Waals surface area contributed by atoms with E-state index in [-0.39, 0.29) is 0 Å². The molecule has 286 valence electrons. The Morgan fingerprint density at radius 1 is 0.500 bits per heavy atom. The van der Waals surface area contributed by atoms with Gasteiger partial charge in [0, 0.05) is 11.1 Å². The van der Waals surface area contributed by atoms with E-state index >= 15 is 0 Å². The summed E-state index contributed by atoms with van der Waals surface area (Å²) in [6.45, 7) is 5.00. The minimum absolute atomic E-state index is 0.322. The van der Waals surface area contributed by atoms with E-state index in [4.69, 9.17) is 31.0 Å². The van der Waals surface area contributed by atoms with Crippen molar-refractivity contribution >= 4 is 11.8 Å². The molecule has 0 spiro atoms. The van der Waals surface area contributed by atoms with Gasteiger partial charge >= 0.3 is 0 Å². The van der Waals surface area contributed by atoms with E-state index < -0.39 is 0 Å². The van der Waals surface area contributed by atoms with Crippen molar-refractivity contribution in [3.05, 3.63) is 210 Å². The Morgan fingerprint density at radius 2 is 0.893 bits per heavy atom. The lowest BCUT2D eigenvalue weighted by Gasteiger charge is -2.20. The Hall–Kier alpha value is -6.96. The maximum absolute atomic E-state index is 8.63. The lowest BCUT2D eigenvalue weighted by atomic mass is 9.97. The number of rotatable bonds is 2. The molecule has 7 N–H and O–H groups in total. The first-order chi connectivity index (χ1) is 27.2. The van der Waals surface area contributed by atoms with Crippen molar-refractivity contribution in [2.45, 2.75) is 20.3 Å². The van der Waals surface area contributed by atoms with Crippen molar-refractivity contribution in [2.75, 3.05) is 6.54 Å². The monoisotopic (exact) mass is 746 g/mol. The van der Waals surface area contributed by atoms with Gasteiger partial charge in [-0.1, -0.05) is 147 Å². The molecule has 2 aliphatic rings. The highest BCUT2D eigenvalue weighted by molar-refractivity contribution is 5.89. The number of hydroxylamine groups is 1. The van der Waals surface area contributed by atoms with E-state index in [1.54, 1.807) is 97.1 Å². The molecule has 9 rings (SSSR count). The highest BCUT2D eigenvalue weighted by Gasteiger charge is 2.23. The minimum Gasteiger partial charge on any atom is -0.508 e. The van der Waals surface area contributed by atoms with Crippen molar-refractivity contribution < 1.29 is 25.3 Å². The molecule has 7 nitrogen and oxygen atoms in total. The topological polar surface area (TPSA) is 128 Å². The summed E-state index contributed by atoms with van der Waals surface area (Å²) in [5.74, 6) is 2.82. The number of nitrogens with two attached hydrogens (primary N) is 1. The van der Waals surface area contributed by atoms with Gasteiger partial charge in [0.05, 0.1) is 5.70 Å². The first-order valence-electron chi connectivity index (χ1n) is 18.3. The fourth-order valence-electron chi connectivity index (χ4n) is 5.24. The maximum Gasteiger partial charge on any atom is 0.162 e. The summed E-state index contributed by atoms with van der Waals surface area (Å²) < 4.78 is 0. The van der Waals surface area contributed by atoms with Gasteiger partial charge in [0.2, 0.25) is 0 Å². The first-order valence-corrected chi connectivity index (χ1v) is 18.3. The molecule has 0 radical (unpaired) electrons. The summed E-state index contributed by atoms with van der Waals surface area (Å²) in [6, 6.07) is 58.1. The summed E-state index contributed by atoms with van der Waals surface area (Å²) in [5.41, 5.74) is 17.1. The number of nitrogens with one attached hydrogen (secondary N) is 1. The van der Waals surface area contributed by atoms with Crippen molar-refractivity contribution in [1.29, 1.82) is 0 Å². The molecule has 1 heterocycles. The molecule has 0 atom stereocenters. The van der Waals surface area contributed by atoms with Crippen LogP contribution < -0.4 is 16.1 Å². The molecule has 1 aliphatic carbocycles. The zero-order valence-corrected chi connectivity index (χ0v) is 31.7. The number of para-hydroxylation sites is 5. The average molecular weight is 747 g/mol. The molecule has 0 saturated carbocycles. The van der Waals surface area contributed by atoms with Crippen LogP contribution in [-0.2, 0) is 6.42 Å². The molecule has 56 heavy (non-hydrogen) atoms. The molecule has 0 amide bonds. The minimum atomic E-state index is 0.322. The van der Waals surface area contributed by atoms with Gasteiger partial charge in [-0.3, -0.25) is 0 Å².